The van der Waals surface area contributed by atoms with Crippen LogP contribution in [0.2, 0.25) is 0 Å². The molecule has 4 atom stereocenters. The van der Waals surface area contributed by atoms with Gasteiger partial charge in [-0.3, -0.25) is 9.59 Å². The molecule has 0 spiro atoms. The number of hydrogen-bond acceptors (Lipinski definition) is 10. The fourth-order valence-electron chi connectivity index (χ4n) is 3.26. The van der Waals surface area contributed by atoms with Crippen LogP contribution < -0.4 is 15.2 Å². The zero-order chi connectivity index (χ0) is 30.8. The van der Waals surface area contributed by atoms with Gasteiger partial charge in [-0.15, -0.1) is 0 Å². The molecule has 40 heavy (non-hydrogen) atoms. The van der Waals surface area contributed by atoms with E-state index in [0.717, 1.165) is 0 Å². The van der Waals surface area contributed by atoms with E-state index in [1.54, 1.807) is 13.8 Å². The molecule has 11 heteroatoms. The molecule has 0 aliphatic carbocycles. The van der Waals surface area contributed by atoms with E-state index in [9.17, 15) is 24.3 Å². The molecule has 1 rings (SSSR count). The van der Waals surface area contributed by atoms with Crippen molar-refractivity contribution in [3.63, 3.8) is 0 Å². The first kappa shape index (κ1) is 34.7. The molecule has 0 aliphatic rings. The van der Waals surface area contributed by atoms with Crippen molar-refractivity contribution in [1.82, 2.24) is 0 Å². The summed E-state index contributed by atoms with van der Waals surface area (Å²) in [5.41, 5.74) is 5.74. The number of rotatable bonds is 12. The summed E-state index contributed by atoms with van der Waals surface area (Å²) < 4.78 is 26.5. The summed E-state index contributed by atoms with van der Waals surface area (Å²) in [4.78, 5) is 48.9. The number of nitrogens with two attached hydrogens (primary N) is 1. The SMILES string of the molecule is CCC(C)C(=O)OC(C)CC(c1ccc(OC(=O)OCC(C)(C)C)c(OC(=O)OCC(C)(C)C)c1)[C@H](N)C(=O)O. The molecule has 0 heterocycles. The molecule has 11 nitrogen and oxygen atoms in total. The Balaban J connectivity index is 3.35. The van der Waals surface area contributed by atoms with E-state index in [4.69, 9.17) is 29.4 Å². The lowest BCUT2D eigenvalue weighted by Gasteiger charge is -2.26. The molecule has 0 saturated carbocycles. The van der Waals surface area contributed by atoms with Crippen LogP contribution >= 0.6 is 0 Å². The molecule has 0 bridgehead atoms. The highest BCUT2D eigenvalue weighted by molar-refractivity contribution is 5.75. The Morgan fingerprint density at radius 1 is 0.875 bits per heavy atom. The molecular weight excluding hydrogens is 522 g/mol. The third-order valence-electron chi connectivity index (χ3n) is 5.67. The lowest BCUT2D eigenvalue weighted by molar-refractivity contribution is -0.153. The third-order valence-corrected chi connectivity index (χ3v) is 5.67. The average molecular weight is 568 g/mol. The molecule has 1 aromatic carbocycles. The maximum absolute atomic E-state index is 12.5. The zero-order valence-corrected chi connectivity index (χ0v) is 25.1. The van der Waals surface area contributed by atoms with E-state index in [2.05, 4.69) is 0 Å². The summed E-state index contributed by atoms with van der Waals surface area (Å²) in [5.74, 6) is -3.19. The Morgan fingerprint density at radius 3 is 1.82 bits per heavy atom. The summed E-state index contributed by atoms with van der Waals surface area (Å²) in [5, 5.41) is 9.67. The van der Waals surface area contributed by atoms with Gasteiger partial charge in [0.05, 0.1) is 25.2 Å². The van der Waals surface area contributed by atoms with E-state index in [1.807, 2.05) is 48.5 Å². The van der Waals surface area contributed by atoms with Gasteiger partial charge < -0.3 is 34.5 Å². The minimum atomic E-state index is -1.38. The van der Waals surface area contributed by atoms with Gasteiger partial charge in [-0.1, -0.05) is 61.5 Å². The predicted octanol–water partition coefficient (Wildman–Crippen LogP) is 5.67. The minimum Gasteiger partial charge on any atom is -0.480 e. The van der Waals surface area contributed by atoms with Crippen molar-refractivity contribution in [2.24, 2.45) is 22.5 Å². The normalized spacial score (nSPS) is 14.8. The third kappa shape index (κ3) is 12.7. The van der Waals surface area contributed by atoms with Gasteiger partial charge in [0.15, 0.2) is 11.5 Å². The largest absolute Gasteiger partial charge is 0.513 e. The monoisotopic (exact) mass is 567 g/mol. The Bertz CT molecular complexity index is 1020. The minimum absolute atomic E-state index is 0.0565. The van der Waals surface area contributed by atoms with Crippen LogP contribution in [0.5, 0.6) is 11.5 Å². The quantitative estimate of drug-likeness (QED) is 0.182. The summed E-state index contributed by atoms with van der Waals surface area (Å²) >= 11 is 0. The lowest BCUT2D eigenvalue weighted by Crippen LogP contribution is -2.38. The number of carbonyl (C=O) groups excluding carboxylic acids is 3. The van der Waals surface area contributed by atoms with Crippen molar-refractivity contribution in [1.29, 1.82) is 0 Å². The number of carboxylic acids is 1. The molecule has 3 N–H and O–H groups in total. The van der Waals surface area contributed by atoms with Crippen LogP contribution in [0, 0.1) is 16.7 Å². The average Bonchev–Trinajstić information content (AvgIpc) is 2.84. The Morgan fingerprint density at radius 2 is 1.38 bits per heavy atom. The van der Waals surface area contributed by atoms with Gasteiger partial charge in [0, 0.05) is 5.92 Å². The topological polar surface area (TPSA) is 161 Å². The van der Waals surface area contributed by atoms with Crippen LogP contribution in [0.15, 0.2) is 18.2 Å². The summed E-state index contributed by atoms with van der Waals surface area (Å²) in [6.45, 7) is 16.6. The predicted molar refractivity (Wildman–Crippen MR) is 147 cm³/mol. The fourth-order valence-corrected chi connectivity index (χ4v) is 3.26. The van der Waals surface area contributed by atoms with Crippen molar-refractivity contribution in [2.75, 3.05) is 13.2 Å². The van der Waals surface area contributed by atoms with Crippen LogP contribution in [0.3, 0.4) is 0 Å². The Hall–Kier alpha value is -3.34. The number of aliphatic carboxylic acids is 1. The smallest absolute Gasteiger partial charge is 0.480 e. The van der Waals surface area contributed by atoms with Gasteiger partial charge in [0.2, 0.25) is 0 Å². The molecule has 0 radical (unpaired) electrons. The fraction of sp³-hybridized carbons (Fsp3) is 0.655. The number of esters is 1. The van der Waals surface area contributed by atoms with E-state index in [-0.39, 0.29) is 47.9 Å². The van der Waals surface area contributed by atoms with Crippen LogP contribution in [0.25, 0.3) is 0 Å². The highest BCUT2D eigenvalue weighted by atomic mass is 16.7. The van der Waals surface area contributed by atoms with Gasteiger partial charge in [-0.05, 0) is 48.3 Å². The molecule has 3 unspecified atom stereocenters. The first-order valence-corrected chi connectivity index (χ1v) is 13.3. The molecule has 1 aromatic rings. The molecule has 0 aromatic heterocycles. The molecule has 226 valence electrons. The summed E-state index contributed by atoms with van der Waals surface area (Å²) in [6, 6.07) is 2.81. The van der Waals surface area contributed by atoms with E-state index in [0.29, 0.717) is 12.0 Å². The van der Waals surface area contributed by atoms with Gasteiger partial charge in [0.1, 0.15) is 6.04 Å². The van der Waals surface area contributed by atoms with Crippen LogP contribution in [0.4, 0.5) is 9.59 Å². The lowest BCUT2D eigenvalue weighted by atomic mass is 9.87. The number of benzene rings is 1. The first-order valence-electron chi connectivity index (χ1n) is 13.3. The molecule has 0 saturated heterocycles. The highest BCUT2D eigenvalue weighted by Gasteiger charge is 2.31. The number of ether oxygens (including phenoxy) is 5. The van der Waals surface area contributed by atoms with Crippen molar-refractivity contribution in [3.8, 4) is 11.5 Å². The van der Waals surface area contributed by atoms with Crippen LogP contribution in [0.1, 0.15) is 86.6 Å². The summed E-state index contributed by atoms with van der Waals surface area (Å²) in [7, 11) is 0. The van der Waals surface area contributed by atoms with Gasteiger partial charge >= 0.3 is 24.2 Å². The molecule has 0 amide bonds. The number of carboxylic acid groups (broad SMARTS) is 1. The number of hydrogen-bond donors (Lipinski definition) is 2. The van der Waals surface area contributed by atoms with E-state index in [1.165, 1.54) is 18.2 Å². The maximum Gasteiger partial charge on any atom is 0.513 e. The van der Waals surface area contributed by atoms with Crippen LogP contribution in [-0.4, -0.2) is 54.7 Å². The summed E-state index contributed by atoms with van der Waals surface area (Å²) in [6.07, 6.45) is -2.07. The van der Waals surface area contributed by atoms with Crippen molar-refractivity contribution in [3.05, 3.63) is 23.8 Å². The van der Waals surface area contributed by atoms with Gasteiger partial charge in [-0.2, -0.15) is 0 Å². The van der Waals surface area contributed by atoms with E-state index < -0.39 is 42.3 Å². The second kappa shape index (κ2) is 14.9. The standard InChI is InChI=1S/C29H45NO10/c1-10-17(2)25(33)38-18(3)13-20(23(30)24(31)32)19-11-12-21(39-26(34)36-15-28(4,5)6)22(14-19)40-27(35)37-16-29(7,8)9/h11-12,14,17-18,20,23H,10,13,15-16,30H2,1-9H3,(H,31,32)/t17?,18?,20?,23-/m0/s1. The second-order valence-electron chi connectivity index (χ2n) is 12.4. The van der Waals surface area contributed by atoms with Crippen molar-refractivity contribution >= 4 is 24.2 Å². The van der Waals surface area contributed by atoms with Crippen molar-refractivity contribution < 1.29 is 48.0 Å². The van der Waals surface area contributed by atoms with Gasteiger partial charge in [0.25, 0.3) is 0 Å². The Kier molecular flexibility index (Phi) is 12.9. The zero-order valence-electron chi connectivity index (χ0n) is 25.1. The highest BCUT2D eigenvalue weighted by Crippen LogP contribution is 2.35. The van der Waals surface area contributed by atoms with Gasteiger partial charge in [-0.25, -0.2) is 9.59 Å². The molecular formula is C29H45NO10. The molecule has 0 aliphatic heterocycles. The second-order valence-corrected chi connectivity index (χ2v) is 12.4. The first-order chi connectivity index (χ1) is 18.3. The Labute approximate surface area is 236 Å². The van der Waals surface area contributed by atoms with E-state index >= 15 is 0 Å². The number of carbonyl (C=O) groups is 4. The van der Waals surface area contributed by atoms with Crippen LogP contribution in [-0.2, 0) is 23.8 Å². The maximum atomic E-state index is 12.5. The van der Waals surface area contributed by atoms with Crippen molar-refractivity contribution in [2.45, 2.75) is 93.2 Å². The molecule has 0 fully saturated rings.